The van der Waals surface area contributed by atoms with Gasteiger partial charge in [-0.3, -0.25) is 0 Å². The van der Waals surface area contributed by atoms with Gasteiger partial charge in [-0.1, -0.05) is 110 Å². The summed E-state index contributed by atoms with van der Waals surface area (Å²) in [5.74, 6) is 0. The maximum absolute atomic E-state index is 6.76. The van der Waals surface area contributed by atoms with Crippen LogP contribution in [-0.2, 0) is 11.8 Å². The molecule has 6 heteroatoms. The van der Waals surface area contributed by atoms with Crippen LogP contribution in [0.5, 0.6) is 0 Å². The Bertz CT molecular complexity index is 1140. The third-order valence-corrected chi connectivity index (χ3v) is 29.6. The van der Waals surface area contributed by atoms with E-state index < -0.39 is 22.2 Å². The molecule has 172 valence electrons. The van der Waals surface area contributed by atoms with Crippen LogP contribution in [0.25, 0.3) is 9.75 Å². The highest BCUT2D eigenvalue weighted by Crippen LogP contribution is 2.56. The van der Waals surface area contributed by atoms with Gasteiger partial charge in [0.15, 0.2) is 0 Å². The van der Waals surface area contributed by atoms with Crippen LogP contribution in [0.3, 0.4) is 0 Å². The third kappa shape index (κ3) is 3.49. The molecule has 32 heavy (non-hydrogen) atoms. The van der Waals surface area contributed by atoms with Crippen molar-refractivity contribution in [2.24, 2.45) is 0 Å². The SMILES string of the molecule is CC(C)(C)[Si](C)(C)c1cc2c(s1)-c1sc([Si](C)(C)C(C)(C)C)cc1P2(=S)c1ccccc1. The Kier molecular flexibility index (Phi) is 5.89. The normalized spacial score (nSPS) is 16.2. The molecule has 0 unspecified atom stereocenters. The Labute approximate surface area is 210 Å². The summed E-state index contributed by atoms with van der Waals surface area (Å²) in [4.78, 5) is 3.00. The number of thiophene rings is 2. The van der Waals surface area contributed by atoms with Gasteiger partial charge in [-0.2, -0.15) is 0 Å². The monoisotopic (exact) mass is 532 g/mol. The summed E-state index contributed by atoms with van der Waals surface area (Å²) in [5, 5.41) is 4.96. The number of hydrogen-bond acceptors (Lipinski definition) is 3. The maximum Gasteiger partial charge on any atom is 0.0987 e. The molecular weight excluding hydrogens is 496 g/mol. The minimum absolute atomic E-state index is 0.325. The van der Waals surface area contributed by atoms with E-state index in [0.717, 1.165) is 0 Å². The highest BCUT2D eigenvalue weighted by molar-refractivity contribution is 8.26. The molecule has 0 bridgehead atoms. The van der Waals surface area contributed by atoms with Gasteiger partial charge in [-0.25, -0.2) is 0 Å². The van der Waals surface area contributed by atoms with Crippen molar-refractivity contribution in [1.29, 1.82) is 0 Å². The zero-order chi connectivity index (χ0) is 23.9. The molecule has 0 saturated heterocycles. The van der Waals surface area contributed by atoms with Gasteiger partial charge in [0.05, 0.1) is 25.9 Å². The summed E-state index contributed by atoms with van der Waals surface area (Å²) in [7, 11) is -3.23. The molecule has 0 fully saturated rings. The van der Waals surface area contributed by atoms with Crippen LogP contribution >= 0.6 is 28.7 Å². The predicted molar refractivity (Wildman–Crippen MR) is 161 cm³/mol. The first-order valence-corrected chi connectivity index (χ1v) is 21.9. The van der Waals surface area contributed by atoms with Crippen molar-refractivity contribution in [3.63, 3.8) is 0 Å². The van der Waals surface area contributed by atoms with Crippen molar-refractivity contribution >= 4 is 81.6 Å². The molecule has 0 amide bonds. The zero-order valence-electron chi connectivity index (χ0n) is 21.2. The first kappa shape index (κ1) is 24.8. The second-order valence-electron chi connectivity index (χ2n) is 12.3. The van der Waals surface area contributed by atoms with Gasteiger partial charge in [-0.15, -0.1) is 22.7 Å². The van der Waals surface area contributed by atoms with Crippen molar-refractivity contribution < 1.29 is 0 Å². The van der Waals surface area contributed by atoms with Gasteiger partial charge in [0.25, 0.3) is 0 Å². The number of rotatable bonds is 3. The summed E-state index contributed by atoms with van der Waals surface area (Å²) in [5.41, 5.74) is 0. The molecule has 2 aromatic heterocycles. The van der Waals surface area contributed by atoms with Crippen LogP contribution in [-0.4, -0.2) is 16.1 Å². The summed E-state index contributed by atoms with van der Waals surface area (Å²) >= 11 is 10.9. The minimum Gasteiger partial charge on any atom is -0.143 e. The van der Waals surface area contributed by atoms with E-state index in [9.17, 15) is 0 Å². The lowest BCUT2D eigenvalue weighted by Gasteiger charge is -2.36. The van der Waals surface area contributed by atoms with E-state index in [1.165, 1.54) is 25.7 Å². The van der Waals surface area contributed by atoms with E-state index in [1.807, 2.05) is 0 Å². The number of benzene rings is 1. The molecule has 3 heterocycles. The molecule has 0 aliphatic carbocycles. The quantitative estimate of drug-likeness (QED) is 0.203. The van der Waals surface area contributed by atoms with Crippen molar-refractivity contribution in [2.45, 2.75) is 77.8 Å². The molecule has 3 aromatic rings. The van der Waals surface area contributed by atoms with E-state index >= 15 is 0 Å². The Morgan fingerprint density at radius 1 is 0.688 bits per heavy atom. The van der Waals surface area contributed by atoms with Crippen LogP contribution in [0.4, 0.5) is 0 Å². The fourth-order valence-electron chi connectivity index (χ4n) is 3.96. The highest BCUT2D eigenvalue weighted by atomic mass is 32.4. The lowest BCUT2D eigenvalue weighted by Crippen LogP contribution is -2.48. The van der Waals surface area contributed by atoms with E-state index in [0.29, 0.717) is 10.1 Å². The Balaban J connectivity index is 2.01. The largest absolute Gasteiger partial charge is 0.143 e. The van der Waals surface area contributed by atoms with Crippen LogP contribution in [0, 0.1) is 0 Å². The maximum atomic E-state index is 6.76. The average Bonchev–Trinajstić information content (AvgIpc) is 3.35. The third-order valence-electron chi connectivity index (χ3n) is 8.41. The lowest BCUT2D eigenvalue weighted by atomic mass is 10.2. The summed E-state index contributed by atoms with van der Waals surface area (Å²) < 4.78 is 3.24. The van der Waals surface area contributed by atoms with Crippen LogP contribution < -0.4 is 24.9 Å². The Morgan fingerprint density at radius 2 is 1.06 bits per heavy atom. The molecule has 1 aliphatic rings. The van der Waals surface area contributed by atoms with E-state index in [4.69, 9.17) is 11.8 Å². The summed E-state index contributed by atoms with van der Waals surface area (Å²) in [6.45, 7) is 24.7. The highest BCUT2D eigenvalue weighted by Gasteiger charge is 2.46. The standard InChI is InChI=1S/C26H37PS3Si2/c1-25(2,3)31(7,8)21-16-19-23(29-21)24-20(27(19,28)18-14-12-11-13-15-18)17-22(30-24)32(9,10)26(4,5)6/h11-17H,1-10H3. The van der Waals surface area contributed by atoms with Gasteiger partial charge in [0, 0.05) is 16.6 Å². The Hall–Kier alpha value is -0.296. The molecule has 1 aromatic carbocycles. The predicted octanol–water partition coefficient (Wildman–Crippen LogP) is 6.98. The average molecular weight is 533 g/mol. The lowest BCUT2D eigenvalue weighted by molar-refractivity contribution is 0.730. The molecule has 0 N–H and O–H groups in total. The van der Waals surface area contributed by atoms with Crippen LogP contribution in [0.2, 0.25) is 36.3 Å². The van der Waals surface area contributed by atoms with Gasteiger partial charge in [0.2, 0.25) is 0 Å². The second-order valence-corrected chi connectivity index (χ2v) is 30.1. The van der Waals surface area contributed by atoms with E-state index in [-0.39, 0.29) is 0 Å². The molecule has 0 saturated carbocycles. The first-order chi connectivity index (χ1) is 14.5. The fraction of sp³-hybridized carbons (Fsp3) is 0.462. The van der Waals surface area contributed by atoms with Crippen LogP contribution in [0.15, 0.2) is 42.5 Å². The fourth-order valence-corrected chi connectivity index (χ4v) is 18.8. The van der Waals surface area contributed by atoms with Gasteiger partial charge in [-0.05, 0) is 36.5 Å². The summed E-state index contributed by atoms with van der Waals surface area (Å²) in [6.07, 6.45) is 0. The van der Waals surface area contributed by atoms with Crippen molar-refractivity contribution in [3.05, 3.63) is 42.5 Å². The van der Waals surface area contributed by atoms with E-state index in [2.05, 4.69) is 133 Å². The number of fused-ring (bicyclic) bond motifs is 3. The smallest absolute Gasteiger partial charge is 0.0987 e. The van der Waals surface area contributed by atoms with Crippen molar-refractivity contribution in [1.82, 2.24) is 0 Å². The van der Waals surface area contributed by atoms with Crippen LogP contribution in [0.1, 0.15) is 41.5 Å². The first-order valence-electron chi connectivity index (χ1n) is 11.5. The summed E-state index contributed by atoms with van der Waals surface area (Å²) in [6, 6.07) is 14.1. The minimum atomic E-state index is -2.01. The molecular formula is C26H37PS3Si2. The van der Waals surface area contributed by atoms with Gasteiger partial charge < -0.3 is 0 Å². The van der Waals surface area contributed by atoms with Crippen molar-refractivity contribution in [2.75, 3.05) is 0 Å². The molecule has 4 rings (SSSR count). The molecule has 0 radical (unpaired) electrons. The topological polar surface area (TPSA) is 0 Å². The molecule has 0 atom stereocenters. The second kappa shape index (κ2) is 7.60. The van der Waals surface area contributed by atoms with Gasteiger partial charge >= 0.3 is 0 Å². The zero-order valence-corrected chi connectivity index (χ0v) is 26.6. The van der Waals surface area contributed by atoms with Crippen molar-refractivity contribution in [3.8, 4) is 9.75 Å². The molecule has 1 aliphatic heterocycles. The molecule has 0 nitrogen and oxygen atoms in total. The Morgan fingerprint density at radius 3 is 1.41 bits per heavy atom. The molecule has 0 spiro atoms. The van der Waals surface area contributed by atoms with Gasteiger partial charge in [0.1, 0.15) is 0 Å². The van der Waals surface area contributed by atoms with E-state index in [1.54, 1.807) is 9.00 Å². The number of hydrogen-bond donors (Lipinski definition) is 0.